The molecule has 0 aliphatic heterocycles. The van der Waals surface area contributed by atoms with Crippen molar-refractivity contribution in [3.63, 3.8) is 0 Å². The summed E-state index contributed by atoms with van der Waals surface area (Å²) in [5.74, 6) is 0.354. The summed E-state index contributed by atoms with van der Waals surface area (Å²) in [6.45, 7) is 3.61. The fourth-order valence-electron chi connectivity index (χ4n) is 3.11. The van der Waals surface area contributed by atoms with E-state index in [1.165, 1.54) is 6.20 Å². The average Bonchev–Trinajstić information content (AvgIpc) is 2.84. The van der Waals surface area contributed by atoms with E-state index in [1.807, 2.05) is 19.1 Å². The monoisotopic (exact) mass is 462 g/mol. The van der Waals surface area contributed by atoms with Gasteiger partial charge in [0.15, 0.2) is 0 Å². The van der Waals surface area contributed by atoms with E-state index in [0.717, 1.165) is 18.4 Å². The molecule has 6 N–H and O–H groups in total. The van der Waals surface area contributed by atoms with Crippen LogP contribution < -0.4 is 27.0 Å². The maximum Gasteiger partial charge on any atom is 0.260 e. The summed E-state index contributed by atoms with van der Waals surface area (Å²) < 4.78 is 0. The lowest BCUT2D eigenvalue weighted by molar-refractivity contribution is -0.116. The van der Waals surface area contributed by atoms with Crippen molar-refractivity contribution in [2.24, 2.45) is 5.73 Å². The molecule has 2 amide bonds. The second kappa shape index (κ2) is 12.9. The Morgan fingerprint density at radius 2 is 1.76 bits per heavy atom. The Labute approximate surface area is 198 Å². The number of nitrogens with one attached hydrogen (secondary N) is 4. The van der Waals surface area contributed by atoms with Crippen LogP contribution in [-0.2, 0) is 11.2 Å². The highest BCUT2D eigenvalue weighted by molar-refractivity contribution is 6.07. The molecule has 0 bridgehead atoms. The normalized spacial score (nSPS) is 10.4. The Morgan fingerprint density at radius 3 is 2.50 bits per heavy atom. The average molecular weight is 463 g/mol. The lowest BCUT2D eigenvalue weighted by Gasteiger charge is -2.13. The third-order valence-electron chi connectivity index (χ3n) is 4.80. The van der Waals surface area contributed by atoms with E-state index in [-0.39, 0.29) is 24.8 Å². The van der Waals surface area contributed by atoms with E-state index in [9.17, 15) is 9.59 Å². The second-order valence-electron chi connectivity index (χ2n) is 7.54. The molecule has 1 aromatic carbocycles. The smallest absolute Gasteiger partial charge is 0.260 e. The lowest BCUT2D eigenvalue weighted by atomic mass is 10.2. The maximum absolute atomic E-state index is 13.0. The predicted octanol–water partition coefficient (Wildman–Crippen LogP) is 2.89. The predicted molar refractivity (Wildman–Crippen MR) is 134 cm³/mol. The van der Waals surface area contributed by atoms with Crippen molar-refractivity contribution in [1.29, 1.82) is 0 Å². The fraction of sp³-hybridized carbons (Fsp3) is 0.292. The summed E-state index contributed by atoms with van der Waals surface area (Å²) in [5.41, 5.74) is 8.01. The van der Waals surface area contributed by atoms with Gasteiger partial charge in [0.2, 0.25) is 11.9 Å². The third-order valence-corrected chi connectivity index (χ3v) is 4.80. The largest absolute Gasteiger partial charge is 0.369 e. The van der Waals surface area contributed by atoms with Gasteiger partial charge >= 0.3 is 0 Å². The molecule has 10 heteroatoms. The summed E-state index contributed by atoms with van der Waals surface area (Å²) in [6.07, 6.45) is 6.92. The molecule has 0 aliphatic rings. The second-order valence-corrected chi connectivity index (χ2v) is 7.54. The molecule has 3 rings (SSSR count). The number of benzene rings is 1. The summed E-state index contributed by atoms with van der Waals surface area (Å²) in [5, 5.41) is 12.0. The molecule has 34 heavy (non-hydrogen) atoms. The van der Waals surface area contributed by atoms with Crippen molar-refractivity contribution in [3.05, 3.63) is 66.1 Å². The van der Waals surface area contributed by atoms with E-state index in [1.54, 1.807) is 36.7 Å². The summed E-state index contributed by atoms with van der Waals surface area (Å²) in [6, 6.07) is 10.8. The van der Waals surface area contributed by atoms with Crippen LogP contribution in [0.5, 0.6) is 0 Å². The van der Waals surface area contributed by atoms with E-state index in [4.69, 9.17) is 5.73 Å². The zero-order valence-corrected chi connectivity index (χ0v) is 19.2. The van der Waals surface area contributed by atoms with Gasteiger partial charge in [0, 0.05) is 56.0 Å². The number of nitrogens with two attached hydrogens (primary N) is 1. The molecule has 0 saturated heterocycles. The Hall–Kier alpha value is -4.05. The van der Waals surface area contributed by atoms with Crippen LogP contribution in [0.1, 0.15) is 35.7 Å². The zero-order valence-electron chi connectivity index (χ0n) is 19.2. The van der Waals surface area contributed by atoms with Gasteiger partial charge in [-0.2, -0.15) is 4.98 Å². The molecule has 3 aromatic rings. The molecule has 178 valence electrons. The SMILES string of the molecule is CCCNc1nc(NCCc2ccncc2)ncc1C(=O)Nc1cccc(NC(=O)CCN)c1. The van der Waals surface area contributed by atoms with Crippen LogP contribution in [0.4, 0.5) is 23.1 Å². The van der Waals surface area contributed by atoms with Crippen molar-refractivity contribution in [2.75, 3.05) is 40.9 Å². The van der Waals surface area contributed by atoms with Gasteiger partial charge in [-0.3, -0.25) is 14.6 Å². The molecule has 0 fully saturated rings. The first-order valence-electron chi connectivity index (χ1n) is 11.2. The Bertz CT molecular complexity index is 1090. The first-order chi connectivity index (χ1) is 16.6. The number of carbonyl (C=O) groups is 2. The van der Waals surface area contributed by atoms with Gasteiger partial charge in [0.05, 0.1) is 0 Å². The molecular formula is C24H30N8O2. The molecule has 10 nitrogen and oxygen atoms in total. The molecular weight excluding hydrogens is 432 g/mol. The quantitative estimate of drug-likeness (QED) is 0.276. The number of anilines is 4. The molecule has 0 radical (unpaired) electrons. The fourth-order valence-corrected chi connectivity index (χ4v) is 3.11. The summed E-state index contributed by atoms with van der Waals surface area (Å²) >= 11 is 0. The van der Waals surface area contributed by atoms with Gasteiger partial charge in [-0.15, -0.1) is 0 Å². The van der Waals surface area contributed by atoms with Crippen LogP contribution in [0.15, 0.2) is 55.0 Å². The van der Waals surface area contributed by atoms with Crippen LogP contribution in [0.3, 0.4) is 0 Å². The highest BCUT2D eigenvalue weighted by Gasteiger charge is 2.15. The number of amides is 2. The number of hydrogen-bond donors (Lipinski definition) is 5. The van der Waals surface area contributed by atoms with Gasteiger partial charge in [-0.1, -0.05) is 13.0 Å². The van der Waals surface area contributed by atoms with Gasteiger partial charge in [-0.25, -0.2) is 4.98 Å². The minimum absolute atomic E-state index is 0.183. The molecule has 0 spiro atoms. The standard InChI is InChI=1S/C24H30N8O2/c1-2-11-27-22-20(16-29-24(32-22)28-14-9-17-7-12-26-13-8-17)23(34)31-19-5-3-4-18(15-19)30-21(33)6-10-25/h3-5,7-8,12-13,15-16H,2,6,9-11,14,25H2,1H3,(H,30,33)(H,31,34)(H2,27,28,29,32). The Balaban J connectivity index is 1.68. The Morgan fingerprint density at radius 1 is 1.00 bits per heavy atom. The van der Waals surface area contributed by atoms with E-state index in [0.29, 0.717) is 41.8 Å². The molecule has 0 aliphatic carbocycles. The van der Waals surface area contributed by atoms with Crippen LogP contribution in [0.25, 0.3) is 0 Å². The molecule has 0 saturated carbocycles. The van der Waals surface area contributed by atoms with Gasteiger partial charge in [0.25, 0.3) is 5.91 Å². The van der Waals surface area contributed by atoms with Crippen LogP contribution in [0, 0.1) is 0 Å². The van der Waals surface area contributed by atoms with Crippen molar-refractivity contribution in [2.45, 2.75) is 26.2 Å². The first kappa shape index (κ1) is 24.6. The van der Waals surface area contributed by atoms with Gasteiger partial charge < -0.3 is 27.0 Å². The van der Waals surface area contributed by atoms with Crippen LogP contribution in [-0.4, -0.2) is 46.4 Å². The number of rotatable bonds is 12. The number of carbonyl (C=O) groups excluding carboxylic acids is 2. The highest BCUT2D eigenvalue weighted by atomic mass is 16.2. The summed E-state index contributed by atoms with van der Waals surface area (Å²) in [7, 11) is 0. The van der Waals surface area contributed by atoms with Gasteiger partial charge in [0.1, 0.15) is 11.4 Å². The van der Waals surface area contributed by atoms with E-state index < -0.39 is 0 Å². The number of aromatic nitrogens is 3. The number of pyridine rings is 1. The molecule has 0 unspecified atom stereocenters. The van der Waals surface area contributed by atoms with E-state index in [2.05, 4.69) is 36.2 Å². The number of hydrogen-bond acceptors (Lipinski definition) is 8. The maximum atomic E-state index is 13.0. The first-order valence-corrected chi connectivity index (χ1v) is 11.2. The number of nitrogens with zero attached hydrogens (tertiary/aromatic N) is 3. The molecule has 0 atom stereocenters. The minimum Gasteiger partial charge on any atom is -0.369 e. The van der Waals surface area contributed by atoms with Crippen LogP contribution >= 0.6 is 0 Å². The zero-order chi connectivity index (χ0) is 24.2. The lowest BCUT2D eigenvalue weighted by Crippen LogP contribution is -2.19. The van der Waals surface area contributed by atoms with E-state index >= 15 is 0 Å². The van der Waals surface area contributed by atoms with Crippen molar-refractivity contribution >= 4 is 35.0 Å². The van der Waals surface area contributed by atoms with Crippen molar-refractivity contribution < 1.29 is 9.59 Å². The van der Waals surface area contributed by atoms with Crippen molar-refractivity contribution in [3.8, 4) is 0 Å². The minimum atomic E-state index is -0.354. The Kier molecular flexibility index (Phi) is 9.29. The third kappa shape index (κ3) is 7.52. The summed E-state index contributed by atoms with van der Waals surface area (Å²) in [4.78, 5) is 37.6. The van der Waals surface area contributed by atoms with Crippen molar-refractivity contribution in [1.82, 2.24) is 15.0 Å². The van der Waals surface area contributed by atoms with Crippen LogP contribution in [0.2, 0.25) is 0 Å². The van der Waals surface area contributed by atoms with Gasteiger partial charge in [-0.05, 0) is 48.7 Å². The molecule has 2 aromatic heterocycles. The molecule has 2 heterocycles. The highest BCUT2D eigenvalue weighted by Crippen LogP contribution is 2.19. The topological polar surface area (TPSA) is 147 Å².